The van der Waals surface area contributed by atoms with Crippen molar-refractivity contribution in [2.45, 2.75) is 55.0 Å². The van der Waals surface area contributed by atoms with Crippen molar-refractivity contribution in [3.05, 3.63) is 93.0 Å². The number of hydrogen-bond donors (Lipinski definition) is 4. The number of carboxylic acids is 1. The lowest BCUT2D eigenvalue weighted by atomic mass is 9.55. The summed E-state index contributed by atoms with van der Waals surface area (Å²) in [6.45, 7) is 0. The van der Waals surface area contributed by atoms with Crippen LogP contribution in [0.4, 0.5) is 20.2 Å². The fourth-order valence-corrected chi connectivity index (χ4v) is 7.53. The summed E-state index contributed by atoms with van der Waals surface area (Å²) in [6.07, 6.45) is 3.55. The van der Waals surface area contributed by atoms with Crippen molar-refractivity contribution in [1.29, 1.82) is 0 Å². The van der Waals surface area contributed by atoms with Crippen LogP contribution in [0.25, 0.3) is 0 Å². The van der Waals surface area contributed by atoms with Crippen LogP contribution in [0.1, 0.15) is 59.5 Å². The molecule has 3 aromatic rings. The maximum atomic E-state index is 15.9. The summed E-state index contributed by atoms with van der Waals surface area (Å²) in [5, 5.41) is 18.4. The Morgan fingerprint density at radius 1 is 1.00 bits per heavy atom. The van der Waals surface area contributed by atoms with Crippen LogP contribution in [0.2, 0.25) is 10.0 Å². The lowest BCUT2D eigenvalue weighted by Crippen LogP contribution is -2.60. The molecule has 2 spiro atoms. The van der Waals surface area contributed by atoms with E-state index in [1.54, 1.807) is 24.3 Å². The van der Waals surface area contributed by atoms with E-state index in [1.165, 1.54) is 18.2 Å². The lowest BCUT2D eigenvalue weighted by Gasteiger charge is -2.47. The third-order valence-electron chi connectivity index (χ3n) is 8.78. The number of fused-ring (bicyclic) bond motifs is 3. The second-order valence-corrected chi connectivity index (χ2v) is 11.7. The predicted molar refractivity (Wildman–Crippen MR) is 151 cm³/mol. The Hall–Kier alpha value is -3.53. The number of nitrogens with one attached hydrogen (secondary N) is 3. The molecule has 2 fully saturated rings. The molecule has 4 N–H and O–H groups in total. The highest BCUT2D eigenvalue weighted by Gasteiger charge is 2.72. The van der Waals surface area contributed by atoms with Gasteiger partial charge in [-0.25, -0.2) is 13.6 Å². The highest BCUT2D eigenvalue weighted by atomic mass is 35.5. The minimum Gasteiger partial charge on any atom is -0.478 e. The van der Waals surface area contributed by atoms with Gasteiger partial charge in [0.05, 0.1) is 22.3 Å². The second kappa shape index (κ2) is 10.1. The standard InChI is InChI=1S/C30H25Cl2F2N3O4/c31-16-8-9-18-22(14-16)36-28(41)30(18)23(17-5-4-6-19(32)24(17)34)25(37-29(30)11-2-1-3-12-29)26(38)35-21-10-7-15(27(39)40)13-20(21)33/h4-10,13-14,23,25,37H,1-3,11-12H2,(H,35,38)(H,36,41)(H,39,40)/t23-,25+,30+/m0/s1. The van der Waals surface area contributed by atoms with Crippen molar-refractivity contribution in [1.82, 2.24) is 5.32 Å². The number of anilines is 2. The van der Waals surface area contributed by atoms with Gasteiger partial charge in [-0.05, 0) is 60.4 Å². The summed E-state index contributed by atoms with van der Waals surface area (Å²) >= 11 is 12.5. The van der Waals surface area contributed by atoms with Crippen LogP contribution in [0.3, 0.4) is 0 Å². The van der Waals surface area contributed by atoms with Crippen molar-refractivity contribution >= 4 is 52.4 Å². The Morgan fingerprint density at radius 3 is 2.46 bits per heavy atom. The van der Waals surface area contributed by atoms with E-state index in [0.29, 0.717) is 29.1 Å². The van der Waals surface area contributed by atoms with E-state index < -0.39 is 46.4 Å². The molecule has 3 atom stereocenters. The first-order valence-corrected chi connectivity index (χ1v) is 14.0. The van der Waals surface area contributed by atoms with Gasteiger partial charge in [-0.2, -0.15) is 0 Å². The average Bonchev–Trinajstić information content (AvgIpc) is 3.39. The molecule has 212 valence electrons. The highest BCUT2D eigenvalue weighted by molar-refractivity contribution is 6.31. The molecule has 0 radical (unpaired) electrons. The number of amides is 2. The number of hydrogen-bond acceptors (Lipinski definition) is 4. The highest BCUT2D eigenvalue weighted by Crippen LogP contribution is 2.62. The topological polar surface area (TPSA) is 108 Å². The van der Waals surface area contributed by atoms with Crippen molar-refractivity contribution in [3.8, 4) is 0 Å². The van der Waals surface area contributed by atoms with Crippen LogP contribution < -0.4 is 16.0 Å². The van der Waals surface area contributed by atoms with Crippen molar-refractivity contribution < 1.29 is 28.3 Å². The molecule has 0 unspecified atom stereocenters. The van der Waals surface area contributed by atoms with Gasteiger partial charge in [0, 0.05) is 22.2 Å². The molecule has 0 bridgehead atoms. The molecule has 6 rings (SSSR count). The molecule has 11 heteroatoms. The first-order chi connectivity index (χ1) is 19.6. The fourth-order valence-electron chi connectivity index (χ4n) is 7.18. The molecule has 1 saturated carbocycles. The third kappa shape index (κ3) is 4.13. The normalized spacial score (nSPS) is 24.3. The minimum absolute atomic E-state index is 0.0762. The van der Waals surface area contributed by atoms with Gasteiger partial charge in [0.2, 0.25) is 11.8 Å². The first-order valence-electron chi connectivity index (χ1n) is 13.3. The molecule has 2 aliphatic heterocycles. The van der Waals surface area contributed by atoms with Gasteiger partial charge in [0.25, 0.3) is 0 Å². The number of aromatic carboxylic acids is 1. The molecule has 1 saturated heterocycles. The van der Waals surface area contributed by atoms with Crippen LogP contribution in [-0.4, -0.2) is 34.5 Å². The fraction of sp³-hybridized carbons (Fsp3) is 0.300. The molecular formula is C30H25Cl2F2N3O4. The Labute approximate surface area is 244 Å². The Balaban J connectivity index is 1.55. The molecule has 3 aromatic carbocycles. The van der Waals surface area contributed by atoms with Gasteiger partial charge >= 0.3 is 5.97 Å². The van der Waals surface area contributed by atoms with Gasteiger partial charge in [-0.3, -0.25) is 14.9 Å². The van der Waals surface area contributed by atoms with Gasteiger partial charge in [-0.15, -0.1) is 0 Å². The summed E-state index contributed by atoms with van der Waals surface area (Å²) in [5.74, 6) is -5.18. The van der Waals surface area contributed by atoms with E-state index in [1.807, 2.05) is 0 Å². The number of carboxylic acid groups (broad SMARTS) is 1. The molecule has 0 aromatic heterocycles. The van der Waals surface area contributed by atoms with E-state index in [0.717, 1.165) is 31.4 Å². The molecule has 41 heavy (non-hydrogen) atoms. The number of benzene rings is 3. The van der Waals surface area contributed by atoms with Crippen molar-refractivity contribution in [2.75, 3.05) is 10.6 Å². The zero-order valence-corrected chi connectivity index (χ0v) is 23.1. The number of carbonyl (C=O) groups is 3. The van der Waals surface area contributed by atoms with E-state index in [9.17, 15) is 23.9 Å². The summed E-state index contributed by atoms with van der Waals surface area (Å²) in [5.41, 5.74) is -1.73. The zero-order valence-electron chi connectivity index (χ0n) is 21.6. The molecule has 3 aliphatic rings. The van der Waals surface area contributed by atoms with Gasteiger partial charge in [-0.1, -0.05) is 60.7 Å². The quantitative estimate of drug-likeness (QED) is 0.283. The molecule has 1 aliphatic carbocycles. The molecular weight excluding hydrogens is 575 g/mol. The average molecular weight is 600 g/mol. The van der Waals surface area contributed by atoms with Crippen molar-refractivity contribution in [2.24, 2.45) is 0 Å². The van der Waals surface area contributed by atoms with Gasteiger partial charge in [0.15, 0.2) is 0 Å². The van der Waals surface area contributed by atoms with Crippen LogP contribution in [0, 0.1) is 11.6 Å². The molecule has 7 nitrogen and oxygen atoms in total. The summed E-state index contributed by atoms with van der Waals surface area (Å²) < 4.78 is 30.8. The maximum Gasteiger partial charge on any atom is 0.335 e. The van der Waals surface area contributed by atoms with E-state index in [-0.39, 0.29) is 27.7 Å². The summed E-state index contributed by atoms with van der Waals surface area (Å²) in [6, 6.07) is 11.5. The third-order valence-corrected chi connectivity index (χ3v) is 9.31. The summed E-state index contributed by atoms with van der Waals surface area (Å²) in [4.78, 5) is 39.6. The Bertz CT molecular complexity index is 1610. The SMILES string of the molecule is O=C(O)c1ccc(NC(=O)[C@@H]2NC3(CCCCC3)[C@@]3(C(=O)Nc4cc(Cl)ccc43)[C@H]2c2cccc(Cl)c2F)c(F)c1. The maximum absolute atomic E-state index is 15.9. The van der Waals surface area contributed by atoms with Crippen LogP contribution in [-0.2, 0) is 15.0 Å². The monoisotopic (exact) mass is 599 g/mol. The molecule has 2 amide bonds. The van der Waals surface area contributed by atoms with E-state index >= 15 is 4.39 Å². The van der Waals surface area contributed by atoms with Gasteiger partial charge < -0.3 is 15.7 Å². The van der Waals surface area contributed by atoms with Crippen LogP contribution in [0.5, 0.6) is 0 Å². The number of carbonyl (C=O) groups excluding carboxylic acids is 2. The number of rotatable bonds is 4. The summed E-state index contributed by atoms with van der Waals surface area (Å²) in [7, 11) is 0. The second-order valence-electron chi connectivity index (χ2n) is 10.8. The largest absolute Gasteiger partial charge is 0.478 e. The van der Waals surface area contributed by atoms with Crippen LogP contribution >= 0.6 is 23.2 Å². The lowest BCUT2D eigenvalue weighted by molar-refractivity contribution is -0.124. The first kappa shape index (κ1) is 27.6. The minimum atomic E-state index is -1.42. The Kier molecular flexibility index (Phi) is 6.79. The van der Waals surface area contributed by atoms with E-state index in [2.05, 4.69) is 16.0 Å². The van der Waals surface area contributed by atoms with Crippen molar-refractivity contribution in [3.63, 3.8) is 0 Å². The zero-order chi connectivity index (χ0) is 29.1. The Morgan fingerprint density at radius 2 is 1.76 bits per heavy atom. The van der Waals surface area contributed by atoms with E-state index in [4.69, 9.17) is 23.2 Å². The van der Waals surface area contributed by atoms with Gasteiger partial charge in [0.1, 0.15) is 17.0 Å². The smallest absolute Gasteiger partial charge is 0.335 e. The number of halogens is 4. The molecule has 2 heterocycles. The van der Waals surface area contributed by atoms with Crippen LogP contribution in [0.15, 0.2) is 54.6 Å². The predicted octanol–water partition coefficient (Wildman–Crippen LogP) is 6.26.